The predicted molar refractivity (Wildman–Crippen MR) is 96.2 cm³/mol. The summed E-state index contributed by atoms with van der Waals surface area (Å²) in [7, 11) is 0. The molecule has 0 unspecified atom stereocenters. The molecule has 0 spiro atoms. The molecule has 3 aromatic rings. The summed E-state index contributed by atoms with van der Waals surface area (Å²) in [5, 5.41) is 14.4. The normalized spacial score (nSPS) is 10.9. The summed E-state index contributed by atoms with van der Waals surface area (Å²) >= 11 is 5.62. The van der Waals surface area contributed by atoms with Crippen LogP contribution in [0.3, 0.4) is 0 Å². The number of alkyl halides is 3. The van der Waals surface area contributed by atoms with Gasteiger partial charge in [0.1, 0.15) is 11.9 Å². The van der Waals surface area contributed by atoms with Crippen molar-refractivity contribution >= 4 is 34.7 Å². The number of nitrogens with zero attached hydrogens (tertiary/aromatic N) is 3. The molecule has 0 saturated heterocycles. The molecule has 0 bridgehead atoms. The predicted octanol–water partition coefficient (Wildman–Crippen LogP) is 5.51. The highest BCUT2D eigenvalue weighted by Gasteiger charge is 2.33. The Bertz CT molecular complexity index is 1010. The van der Waals surface area contributed by atoms with Gasteiger partial charge in [0.25, 0.3) is 0 Å². The Balaban J connectivity index is 1.84. The molecule has 0 amide bonds. The first-order chi connectivity index (χ1) is 12.9. The van der Waals surface area contributed by atoms with Crippen molar-refractivity contribution in [1.82, 2.24) is 9.97 Å². The standard InChI is InChI=1S/C18H11ClF3N5/c19-14-6-5-12(9-13(14)18(20,21)22)25-16-7-8-24-17(27-16)26-15-4-2-1-3-11(15)10-23/h1-9H,(H2,24,25,26,27). The van der Waals surface area contributed by atoms with E-state index in [1.165, 1.54) is 18.3 Å². The Kier molecular flexibility index (Phi) is 5.14. The maximum atomic E-state index is 13.0. The molecule has 1 heterocycles. The van der Waals surface area contributed by atoms with E-state index in [9.17, 15) is 13.2 Å². The van der Waals surface area contributed by atoms with Crippen molar-refractivity contribution < 1.29 is 13.2 Å². The minimum atomic E-state index is -4.56. The van der Waals surface area contributed by atoms with Gasteiger partial charge in [-0.2, -0.15) is 23.4 Å². The molecule has 9 heteroatoms. The quantitative estimate of drug-likeness (QED) is 0.615. The lowest BCUT2D eigenvalue weighted by atomic mass is 10.2. The van der Waals surface area contributed by atoms with Gasteiger partial charge in [-0.15, -0.1) is 0 Å². The minimum absolute atomic E-state index is 0.175. The number of benzene rings is 2. The molecule has 2 N–H and O–H groups in total. The van der Waals surface area contributed by atoms with Crippen molar-refractivity contribution in [2.75, 3.05) is 10.6 Å². The smallest absolute Gasteiger partial charge is 0.340 e. The largest absolute Gasteiger partial charge is 0.417 e. The zero-order valence-electron chi connectivity index (χ0n) is 13.5. The van der Waals surface area contributed by atoms with E-state index in [2.05, 4.69) is 20.6 Å². The van der Waals surface area contributed by atoms with Crippen molar-refractivity contribution in [2.45, 2.75) is 6.18 Å². The number of para-hydroxylation sites is 1. The fourth-order valence-electron chi connectivity index (χ4n) is 2.27. The molecular weight excluding hydrogens is 379 g/mol. The van der Waals surface area contributed by atoms with E-state index in [1.807, 2.05) is 6.07 Å². The molecule has 3 rings (SSSR count). The van der Waals surface area contributed by atoms with Crippen LogP contribution in [0.25, 0.3) is 0 Å². The molecule has 2 aromatic carbocycles. The van der Waals surface area contributed by atoms with Crippen LogP contribution in [-0.2, 0) is 6.18 Å². The van der Waals surface area contributed by atoms with Crippen molar-refractivity contribution in [3.8, 4) is 6.07 Å². The van der Waals surface area contributed by atoms with Crippen molar-refractivity contribution in [2.24, 2.45) is 0 Å². The lowest BCUT2D eigenvalue weighted by molar-refractivity contribution is -0.137. The minimum Gasteiger partial charge on any atom is -0.340 e. The molecule has 5 nitrogen and oxygen atoms in total. The fraction of sp³-hybridized carbons (Fsp3) is 0.0556. The van der Waals surface area contributed by atoms with Crippen LogP contribution in [0.4, 0.5) is 36.3 Å². The number of aromatic nitrogens is 2. The summed E-state index contributed by atoms with van der Waals surface area (Å²) in [6, 6.07) is 13.8. The monoisotopic (exact) mass is 389 g/mol. The van der Waals surface area contributed by atoms with Gasteiger partial charge >= 0.3 is 6.18 Å². The molecule has 1 aromatic heterocycles. The molecule has 0 fully saturated rings. The maximum Gasteiger partial charge on any atom is 0.417 e. The summed E-state index contributed by atoms with van der Waals surface area (Å²) in [6.45, 7) is 0. The van der Waals surface area contributed by atoms with Crippen LogP contribution in [0, 0.1) is 11.3 Å². The van der Waals surface area contributed by atoms with E-state index in [0.29, 0.717) is 11.3 Å². The molecular formula is C18H11ClF3N5. The number of hydrogen-bond donors (Lipinski definition) is 2. The highest BCUT2D eigenvalue weighted by molar-refractivity contribution is 6.31. The average Bonchev–Trinajstić information content (AvgIpc) is 2.63. The van der Waals surface area contributed by atoms with E-state index in [1.54, 1.807) is 24.3 Å². The first-order valence-corrected chi connectivity index (χ1v) is 7.97. The van der Waals surface area contributed by atoms with E-state index >= 15 is 0 Å². The summed E-state index contributed by atoms with van der Waals surface area (Å²) in [5.74, 6) is 0.463. The van der Waals surface area contributed by atoms with Gasteiger partial charge in [-0.3, -0.25) is 0 Å². The maximum absolute atomic E-state index is 13.0. The number of rotatable bonds is 4. The summed E-state index contributed by atoms with van der Waals surface area (Å²) in [4.78, 5) is 8.25. The van der Waals surface area contributed by atoms with Gasteiger partial charge in [0.05, 0.1) is 21.8 Å². The number of hydrogen-bond acceptors (Lipinski definition) is 5. The molecule has 0 aliphatic heterocycles. The Labute approximate surface area is 157 Å². The van der Waals surface area contributed by atoms with Crippen molar-refractivity contribution in [1.29, 1.82) is 5.26 Å². The third-order valence-electron chi connectivity index (χ3n) is 3.49. The molecule has 0 atom stereocenters. The van der Waals surface area contributed by atoms with Gasteiger partial charge in [-0.25, -0.2) is 4.98 Å². The third kappa shape index (κ3) is 4.46. The summed E-state index contributed by atoms with van der Waals surface area (Å²) in [5.41, 5.74) is 0.160. The van der Waals surface area contributed by atoms with Crippen LogP contribution >= 0.6 is 11.6 Å². The van der Waals surface area contributed by atoms with E-state index in [0.717, 1.165) is 12.1 Å². The molecule has 0 radical (unpaired) electrons. The summed E-state index contributed by atoms with van der Waals surface area (Å²) < 4.78 is 38.9. The van der Waals surface area contributed by atoms with E-state index in [4.69, 9.17) is 16.9 Å². The van der Waals surface area contributed by atoms with Gasteiger partial charge in [0, 0.05) is 11.9 Å². The van der Waals surface area contributed by atoms with Crippen LogP contribution in [-0.4, -0.2) is 9.97 Å². The zero-order valence-corrected chi connectivity index (χ0v) is 14.3. The van der Waals surface area contributed by atoms with Gasteiger partial charge in [-0.05, 0) is 36.4 Å². The van der Waals surface area contributed by atoms with Crippen LogP contribution in [0.1, 0.15) is 11.1 Å². The van der Waals surface area contributed by atoms with E-state index in [-0.39, 0.29) is 22.5 Å². The molecule has 0 aliphatic carbocycles. The number of halogens is 4. The Morgan fingerprint density at radius 2 is 1.81 bits per heavy atom. The highest BCUT2D eigenvalue weighted by atomic mass is 35.5. The Hall–Kier alpha value is -3.31. The lowest BCUT2D eigenvalue weighted by Crippen LogP contribution is -2.07. The topological polar surface area (TPSA) is 73.6 Å². The molecule has 0 saturated carbocycles. The molecule has 0 aliphatic rings. The molecule has 27 heavy (non-hydrogen) atoms. The number of nitrogens with one attached hydrogen (secondary N) is 2. The first kappa shape index (κ1) is 18.5. The van der Waals surface area contributed by atoms with Gasteiger partial charge in [0.15, 0.2) is 0 Å². The zero-order chi connectivity index (χ0) is 19.4. The van der Waals surface area contributed by atoms with E-state index < -0.39 is 11.7 Å². The second kappa shape index (κ2) is 7.51. The third-order valence-corrected chi connectivity index (χ3v) is 3.82. The average molecular weight is 390 g/mol. The highest BCUT2D eigenvalue weighted by Crippen LogP contribution is 2.36. The van der Waals surface area contributed by atoms with Crippen LogP contribution in [0.15, 0.2) is 54.7 Å². The second-order valence-corrected chi connectivity index (χ2v) is 5.77. The Morgan fingerprint density at radius 3 is 2.56 bits per heavy atom. The van der Waals surface area contributed by atoms with Crippen LogP contribution in [0.5, 0.6) is 0 Å². The lowest BCUT2D eigenvalue weighted by Gasteiger charge is -2.12. The first-order valence-electron chi connectivity index (χ1n) is 7.60. The van der Waals surface area contributed by atoms with Crippen LogP contribution < -0.4 is 10.6 Å². The summed E-state index contributed by atoms with van der Waals surface area (Å²) in [6.07, 6.45) is -3.12. The number of nitriles is 1. The van der Waals surface area contributed by atoms with Gasteiger partial charge in [-0.1, -0.05) is 23.7 Å². The van der Waals surface area contributed by atoms with Gasteiger partial charge < -0.3 is 10.6 Å². The Morgan fingerprint density at radius 1 is 1.04 bits per heavy atom. The van der Waals surface area contributed by atoms with Crippen LogP contribution in [0.2, 0.25) is 5.02 Å². The number of anilines is 4. The molecule has 136 valence electrons. The van der Waals surface area contributed by atoms with Gasteiger partial charge in [0.2, 0.25) is 5.95 Å². The fourth-order valence-corrected chi connectivity index (χ4v) is 2.49. The van der Waals surface area contributed by atoms with Crippen molar-refractivity contribution in [3.63, 3.8) is 0 Å². The SMILES string of the molecule is N#Cc1ccccc1Nc1nccc(Nc2ccc(Cl)c(C(F)(F)F)c2)n1. The second-order valence-electron chi connectivity index (χ2n) is 5.37. The van der Waals surface area contributed by atoms with Crippen molar-refractivity contribution in [3.05, 3.63) is 70.9 Å².